The molecule has 2 nitrogen and oxygen atoms in total. The van der Waals surface area contributed by atoms with Crippen LogP contribution in [0.2, 0.25) is 0 Å². The second-order valence-electron chi connectivity index (χ2n) is 5.11. The van der Waals surface area contributed by atoms with E-state index >= 15 is 0 Å². The van der Waals surface area contributed by atoms with Crippen molar-refractivity contribution in [3.63, 3.8) is 0 Å². The Labute approximate surface area is 122 Å². The van der Waals surface area contributed by atoms with Crippen LogP contribution in [0, 0.1) is 5.82 Å². The zero-order valence-corrected chi connectivity index (χ0v) is 13.0. The molecule has 0 aliphatic rings. The van der Waals surface area contributed by atoms with E-state index in [1.54, 1.807) is 6.07 Å². The third-order valence-corrected chi connectivity index (χ3v) is 3.34. The fraction of sp³-hybridized carbons (Fsp3) is 0.529. The van der Waals surface area contributed by atoms with Gasteiger partial charge in [-0.05, 0) is 50.1 Å². The van der Waals surface area contributed by atoms with E-state index in [0.29, 0.717) is 0 Å². The molecule has 0 saturated heterocycles. The lowest BCUT2D eigenvalue weighted by Crippen LogP contribution is -2.28. The summed E-state index contributed by atoms with van der Waals surface area (Å²) in [5, 5.41) is 3.44. The van der Waals surface area contributed by atoms with Crippen LogP contribution in [0.4, 0.5) is 10.1 Å². The lowest BCUT2D eigenvalue weighted by atomic mass is 10.0. The minimum absolute atomic E-state index is 0.143. The third kappa shape index (κ3) is 4.64. The van der Waals surface area contributed by atoms with Crippen molar-refractivity contribution in [1.82, 2.24) is 5.32 Å². The highest BCUT2D eigenvalue weighted by atomic mass is 19.1. The van der Waals surface area contributed by atoms with Crippen LogP contribution >= 0.6 is 0 Å². The summed E-state index contributed by atoms with van der Waals surface area (Å²) in [5.74, 6) is -0.177. The fourth-order valence-corrected chi connectivity index (χ4v) is 2.37. The van der Waals surface area contributed by atoms with Crippen molar-refractivity contribution in [3.8, 4) is 0 Å². The molecule has 0 radical (unpaired) electrons. The second kappa shape index (κ2) is 8.75. The van der Waals surface area contributed by atoms with Gasteiger partial charge in [0.1, 0.15) is 5.82 Å². The number of halogens is 1. The molecule has 1 unspecified atom stereocenters. The minimum atomic E-state index is -0.177. The Bertz CT molecular complexity index is 417. The number of anilines is 1. The van der Waals surface area contributed by atoms with Crippen molar-refractivity contribution < 1.29 is 4.39 Å². The van der Waals surface area contributed by atoms with Crippen LogP contribution in [-0.4, -0.2) is 19.6 Å². The number of hydrogen-bond donors (Lipinski definition) is 1. The molecule has 0 bridgehead atoms. The highest BCUT2D eigenvalue weighted by Crippen LogP contribution is 2.27. The van der Waals surface area contributed by atoms with Gasteiger partial charge in [-0.3, -0.25) is 0 Å². The minimum Gasteiger partial charge on any atom is -0.368 e. The highest BCUT2D eigenvalue weighted by Gasteiger charge is 2.15. The summed E-state index contributed by atoms with van der Waals surface area (Å²) in [4.78, 5) is 2.26. The molecule has 0 heterocycles. The largest absolute Gasteiger partial charge is 0.368 e. The Hall–Kier alpha value is -1.35. The normalized spacial score (nSPS) is 12.2. The Balaban J connectivity index is 3.06. The zero-order chi connectivity index (χ0) is 15.0. The number of nitrogens with one attached hydrogen (secondary N) is 1. The molecule has 0 aromatic heterocycles. The highest BCUT2D eigenvalue weighted by molar-refractivity contribution is 5.55. The van der Waals surface area contributed by atoms with Gasteiger partial charge in [0.25, 0.3) is 0 Å². The Morgan fingerprint density at radius 2 is 2.10 bits per heavy atom. The first kappa shape index (κ1) is 16.7. The topological polar surface area (TPSA) is 15.3 Å². The summed E-state index contributed by atoms with van der Waals surface area (Å²) in [6, 6.07) is 5.21. The summed E-state index contributed by atoms with van der Waals surface area (Å²) in [7, 11) is 0. The molecule has 20 heavy (non-hydrogen) atoms. The van der Waals surface area contributed by atoms with Crippen molar-refractivity contribution >= 4 is 5.69 Å². The lowest BCUT2D eigenvalue weighted by Gasteiger charge is -2.28. The lowest BCUT2D eigenvalue weighted by molar-refractivity contribution is 0.560. The van der Waals surface area contributed by atoms with Crippen LogP contribution in [0.25, 0.3) is 0 Å². The van der Waals surface area contributed by atoms with Crippen LogP contribution in [0.5, 0.6) is 0 Å². The quantitative estimate of drug-likeness (QED) is 0.678. The molecule has 0 fully saturated rings. The summed E-state index contributed by atoms with van der Waals surface area (Å²) in [6.45, 7) is 12.9. The third-order valence-electron chi connectivity index (χ3n) is 3.34. The maximum Gasteiger partial charge on any atom is 0.123 e. The van der Waals surface area contributed by atoms with Gasteiger partial charge < -0.3 is 10.2 Å². The number of hydrogen-bond acceptors (Lipinski definition) is 2. The van der Waals surface area contributed by atoms with Crippen molar-refractivity contribution in [3.05, 3.63) is 42.2 Å². The molecule has 112 valence electrons. The van der Waals surface area contributed by atoms with Gasteiger partial charge in [0.15, 0.2) is 0 Å². The second-order valence-corrected chi connectivity index (χ2v) is 5.11. The van der Waals surface area contributed by atoms with Crippen molar-refractivity contribution in [2.24, 2.45) is 0 Å². The van der Waals surface area contributed by atoms with E-state index in [-0.39, 0.29) is 11.9 Å². The molecule has 0 spiro atoms. The van der Waals surface area contributed by atoms with Crippen LogP contribution in [-0.2, 0) is 0 Å². The van der Waals surface area contributed by atoms with E-state index in [0.717, 1.165) is 43.7 Å². The van der Waals surface area contributed by atoms with Crippen molar-refractivity contribution in [2.45, 2.75) is 39.7 Å². The van der Waals surface area contributed by atoms with E-state index in [9.17, 15) is 4.39 Å². The van der Waals surface area contributed by atoms with Crippen LogP contribution in [0.1, 0.15) is 45.2 Å². The Morgan fingerprint density at radius 1 is 1.35 bits per heavy atom. The molecule has 1 aromatic carbocycles. The van der Waals surface area contributed by atoms with Gasteiger partial charge in [-0.1, -0.05) is 19.9 Å². The molecule has 1 aromatic rings. The zero-order valence-electron chi connectivity index (χ0n) is 13.0. The molecule has 0 amide bonds. The molecule has 1 rings (SSSR count). The number of benzene rings is 1. The Morgan fingerprint density at radius 3 is 2.70 bits per heavy atom. The molecular weight excluding hydrogens is 251 g/mol. The first-order valence-corrected chi connectivity index (χ1v) is 7.52. The van der Waals surface area contributed by atoms with Crippen molar-refractivity contribution in [2.75, 3.05) is 24.5 Å². The van der Waals surface area contributed by atoms with E-state index < -0.39 is 0 Å². The van der Waals surface area contributed by atoms with Gasteiger partial charge in [-0.15, -0.1) is 6.58 Å². The fourth-order valence-electron chi connectivity index (χ4n) is 2.37. The SMILES string of the molecule is C=CCN(CCC)c1ccc(F)cc1C(C)NCCC. The van der Waals surface area contributed by atoms with Crippen LogP contribution < -0.4 is 10.2 Å². The van der Waals surface area contributed by atoms with Gasteiger partial charge in [-0.2, -0.15) is 0 Å². The first-order valence-electron chi connectivity index (χ1n) is 7.52. The number of rotatable bonds is 9. The molecule has 0 aliphatic heterocycles. The van der Waals surface area contributed by atoms with E-state index in [4.69, 9.17) is 0 Å². The molecular formula is C17H27FN2. The predicted octanol–water partition coefficient (Wildman–Crippen LogP) is 4.29. The van der Waals surface area contributed by atoms with E-state index in [1.165, 1.54) is 6.07 Å². The molecule has 1 N–H and O–H groups in total. The average Bonchev–Trinajstić information content (AvgIpc) is 2.44. The van der Waals surface area contributed by atoms with Gasteiger partial charge in [0.2, 0.25) is 0 Å². The predicted molar refractivity (Wildman–Crippen MR) is 85.8 cm³/mol. The van der Waals surface area contributed by atoms with E-state index in [2.05, 4.69) is 37.6 Å². The monoisotopic (exact) mass is 278 g/mol. The van der Waals surface area contributed by atoms with Gasteiger partial charge in [0.05, 0.1) is 0 Å². The average molecular weight is 278 g/mol. The molecule has 0 saturated carbocycles. The molecule has 0 aliphatic carbocycles. The van der Waals surface area contributed by atoms with Crippen LogP contribution in [0.3, 0.4) is 0 Å². The maximum absolute atomic E-state index is 13.6. The van der Waals surface area contributed by atoms with Gasteiger partial charge in [-0.25, -0.2) is 4.39 Å². The summed E-state index contributed by atoms with van der Waals surface area (Å²) in [6.07, 6.45) is 4.02. The standard InChI is InChI=1S/C17H27FN2/c1-5-10-19-14(4)16-13-15(18)8-9-17(16)20(11-6-2)12-7-3/h6,8-9,13-14,19H,2,5,7,10-12H2,1,3-4H3. The smallest absolute Gasteiger partial charge is 0.123 e. The molecule has 1 atom stereocenters. The maximum atomic E-state index is 13.6. The summed E-state index contributed by atoms with van der Waals surface area (Å²) >= 11 is 0. The van der Waals surface area contributed by atoms with Crippen molar-refractivity contribution in [1.29, 1.82) is 0 Å². The first-order chi connectivity index (χ1) is 9.63. The summed E-state index contributed by atoms with van der Waals surface area (Å²) < 4.78 is 13.6. The molecule has 3 heteroatoms. The van der Waals surface area contributed by atoms with Gasteiger partial charge in [0, 0.05) is 24.8 Å². The Kier molecular flexibility index (Phi) is 7.31. The van der Waals surface area contributed by atoms with E-state index in [1.807, 2.05) is 12.1 Å². The number of nitrogens with zero attached hydrogens (tertiary/aromatic N) is 1. The van der Waals surface area contributed by atoms with Crippen LogP contribution in [0.15, 0.2) is 30.9 Å². The summed E-state index contributed by atoms with van der Waals surface area (Å²) in [5.41, 5.74) is 2.12. The van der Waals surface area contributed by atoms with Gasteiger partial charge >= 0.3 is 0 Å².